The molecule has 0 bridgehead atoms. The number of hydrogen-bond acceptors (Lipinski definition) is 4. The number of rotatable bonds is 1. The molecule has 0 spiro atoms. The Morgan fingerprint density at radius 2 is 1.80 bits per heavy atom. The van der Waals surface area contributed by atoms with E-state index in [1.54, 1.807) is 6.20 Å². The van der Waals surface area contributed by atoms with E-state index in [4.69, 9.17) is 0 Å². The molecule has 2 rings (SSSR count). The summed E-state index contributed by atoms with van der Waals surface area (Å²) >= 11 is 0. The van der Waals surface area contributed by atoms with Crippen LogP contribution in [0.3, 0.4) is 0 Å². The van der Waals surface area contributed by atoms with Crippen molar-refractivity contribution in [3.05, 3.63) is 48.7 Å². The SMILES string of the molecule is B1C=CC=CN1.CC(=O)NB1C=CC=CN1.CC(N)=O. The number of primary amides is 1. The van der Waals surface area contributed by atoms with Gasteiger partial charge in [0.05, 0.1) is 0 Å². The first-order valence-electron chi connectivity index (χ1n) is 6.20. The van der Waals surface area contributed by atoms with Crippen molar-refractivity contribution in [3.8, 4) is 0 Å². The van der Waals surface area contributed by atoms with Crippen LogP contribution in [-0.4, -0.2) is 26.2 Å². The minimum absolute atomic E-state index is 0.0301. The number of nitrogens with two attached hydrogens (primary N) is 1. The van der Waals surface area contributed by atoms with Crippen molar-refractivity contribution in [1.82, 2.24) is 15.7 Å². The molecule has 0 radical (unpaired) electrons. The highest BCUT2D eigenvalue weighted by molar-refractivity contribution is 6.62. The number of nitrogens with one attached hydrogen (secondary N) is 3. The van der Waals surface area contributed by atoms with Crippen molar-refractivity contribution in [3.63, 3.8) is 0 Å². The highest BCUT2D eigenvalue weighted by Crippen LogP contribution is 1.85. The molecule has 0 aromatic carbocycles. The molecule has 0 fully saturated rings. The Labute approximate surface area is 120 Å². The Morgan fingerprint density at radius 3 is 2.10 bits per heavy atom. The number of carbonyl (C=O) groups is 2. The smallest absolute Gasteiger partial charge is 0.400 e. The lowest BCUT2D eigenvalue weighted by atomic mass is 9.75. The lowest BCUT2D eigenvalue weighted by Crippen LogP contribution is -2.46. The Hall–Kier alpha value is -2.37. The highest BCUT2D eigenvalue weighted by Gasteiger charge is 2.10. The van der Waals surface area contributed by atoms with E-state index in [9.17, 15) is 9.59 Å². The maximum atomic E-state index is 10.5. The van der Waals surface area contributed by atoms with E-state index < -0.39 is 0 Å². The van der Waals surface area contributed by atoms with Gasteiger partial charge in [-0.05, 0) is 24.6 Å². The molecule has 20 heavy (non-hydrogen) atoms. The molecule has 0 unspecified atom stereocenters. The largest absolute Gasteiger partial charge is 0.433 e. The van der Waals surface area contributed by atoms with Gasteiger partial charge in [0.2, 0.25) is 11.8 Å². The maximum absolute atomic E-state index is 10.5. The Bertz CT molecular complexity index is 404. The first-order chi connectivity index (χ1) is 9.52. The molecule has 5 N–H and O–H groups in total. The summed E-state index contributed by atoms with van der Waals surface area (Å²) in [7, 11) is 0.983. The molecule has 2 aliphatic heterocycles. The van der Waals surface area contributed by atoms with Gasteiger partial charge >= 0.3 is 6.98 Å². The molecule has 0 aliphatic carbocycles. The average molecular weight is 274 g/mol. The summed E-state index contributed by atoms with van der Waals surface area (Å²) in [6.07, 6.45) is 11.5. The molecule has 0 atom stereocenters. The summed E-state index contributed by atoms with van der Waals surface area (Å²) in [5.74, 6) is 3.58. The van der Waals surface area contributed by atoms with Crippen LogP contribution in [0.15, 0.2) is 48.7 Å². The van der Waals surface area contributed by atoms with Crippen LogP contribution < -0.4 is 21.4 Å². The monoisotopic (exact) mass is 274 g/mol. The lowest BCUT2D eigenvalue weighted by Gasteiger charge is -2.10. The van der Waals surface area contributed by atoms with Crippen LogP contribution in [0.4, 0.5) is 0 Å². The van der Waals surface area contributed by atoms with Crippen molar-refractivity contribution in [2.75, 3.05) is 0 Å². The van der Waals surface area contributed by atoms with Crippen molar-refractivity contribution in [2.45, 2.75) is 13.8 Å². The quantitative estimate of drug-likeness (QED) is 0.474. The van der Waals surface area contributed by atoms with Gasteiger partial charge in [-0.2, -0.15) is 0 Å². The van der Waals surface area contributed by atoms with Gasteiger partial charge in [0, 0.05) is 13.8 Å². The van der Waals surface area contributed by atoms with Gasteiger partial charge in [0.25, 0.3) is 7.41 Å². The molecule has 0 aromatic heterocycles. The predicted octanol–water partition coefficient (Wildman–Crippen LogP) is -0.717. The van der Waals surface area contributed by atoms with Gasteiger partial charge in [-0.1, -0.05) is 24.1 Å². The molecule has 0 aromatic rings. The van der Waals surface area contributed by atoms with E-state index in [0.29, 0.717) is 0 Å². The second-order valence-electron chi connectivity index (χ2n) is 3.90. The van der Waals surface area contributed by atoms with Crippen molar-refractivity contribution < 1.29 is 9.59 Å². The summed E-state index contributed by atoms with van der Waals surface area (Å²) in [6, 6.07) is 0. The second-order valence-corrected chi connectivity index (χ2v) is 3.90. The predicted molar refractivity (Wildman–Crippen MR) is 84.4 cm³/mol. The third-order valence-electron chi connectivity index (χ3n) is 1.84. The zero-order valence-electron chi connectivity index (χ0n) is 11.8. The summed E-state index contributed by atoms with van der Waals surface area (Å²) < 4.78 is 0. The minimum atomic E-state index is -0.333. The van der Waals surface area contributed by atoms with Crippen LogP contribution in [0.25, 0.3) is 0 Å². The van der Waals surface area contributed by atoms with Gasteiger partial charge in [-0.15, -0.1) is 0 Å². The lowest BCUT2D eigenvalue weighted by molar-refractivity contribution is -0.117. The molecular weight excluding hydrogens is 254 g/mol. The fraction of sp³-hybridized carbons (Fsp3) is 0.167. The van der Waals surface area contributed by atoms with Crippen LogP contribution >= 0.6 is 0 Å². The van der Waals surface area contributed by atoms with Gasteiger partial charge in [-0.25, -0.2) is 0 Å². The van der Waals surface area contributed by atoms with Gasteiger partial charge in [0.1, 0.15) is 0 Å². The van der Waals surface area contributed by atoms with E-state index in [1.807, 2.05) is 36.5 Å². The van der Waals surface area contributed by atoms with Crippen LogP contribution in [0.2, 0.25) is 0 Å². The number of amides is 2. The van der Waals surface area contributed by atoms with Gasteiger partial charge in [-0.3, -0.25) is 9.59 Å². The van der Waals surface area contributed by atoms with Crippen molar-refractivity contribution in [1.29, 1.82) is 0 Å². The zero-order chi connectivity index (χ0) is 15.2. The van der Waals surface area contributed by atoms with Crippen molar-refractivity contribution in [2.24, 2.45) is 5.73 Å². The number of hydrogen-bond donors (Lipinski definition) is 4. The zero-order valence-corrected chi connectivity index (χ0v) is 11.8. The molecule has 0 saturated heterocycles. The molecule has 2 heterocycles. The van der Waals surface area contributed by atoms with E-state index in [-0.39, 0.29) is 18.8 Å². The molecule has 106 valence electrons. The second kappa shape index (κ2) is 11.7. The Balaban J connectivity index is 0.000000307. The minimum Gasteiger partial charge on any atom is -0.433 e. The number of carbonyl (C=O) groups excluding carboxylic acids is 2. The Morgan fingerprint density at radius 1 is 1.15 bits per heavy atom. The first-order valence-corrected chi connectivity index (χ1v) is 6.20. The summed E-state index contributed by atoms with van der Waals surface area (Å²) in [5.41, 5.74) is 4.47. The van der Waals surface area contributed by atoms with Crippen LogP contribution in [-0.2, 0) is 9.59 Å². The Kier molecular flexibility index (Phi) is 10.3. The average Bonchev–Trinajstić information content (AvgIpc) is 2.41. The van der Waals surface area contributed by atoms with Gasteiger partial charge < -0.3 is 21.4 Å². The van der Waals surface area contributed by atoms with Crippen LogP contribution in [0.1, 0.15) is 13.8 Å². The summed E-state index contributed by atoms with van der Waals surface area (Å²) in [6.45, 7) is 2.76. The summed E-state index contributed by atoms with van der Waals surface area (Å²) in [5, 5.41) is 8.66. The molecule has 6 nitrogen and oxygen atoms in total. The topological polar surface area (TPSA) is 96.2 Å². The third kappa shape index (κ3) is 13.7. The fourth-order valence-electron chi connectivity index (χ4n) is 1.16. The molecule has 0 saturated carbocycles. The number of allylic oxidation sites excluding steroid dienone is 4. The van der Waals surface area contributed by atoms with E-state index in [2.05, 4.69) is 27.4 Å². The van der Waals surface area contributed by atoms with Crippen LogP contribution in [0.5, 0.6) is 0 Å². The summed E-state index contributed by atoms with van der Waals surface area (Å²) in [4.78, 5) is 19.7. The van der Waals surface area contributed by atoms with E-state index >= 15 is 0 Å². The molecule has 2 amide bonds. The normalized spacial score (nSPS) is 13.4. The van der Waals surface area contributed by atoms with Crippen LogP contribution in [0, 0.1) is 0 Å². The van der Waals surface area contributed by atoms with E-state index in [1.165, 1.54) is 13.8 Å². The molecule has 8 heteroatoms. The maximum Gasteiger partial charge on any atom is 0.400 e. The van der Waals surface area contributed by atoms with E-state index in [0.717, 1.165) is 7.41 Å². The molecular formula is C12H20B2N4O2. The standard InChI is InChI=1S/C6H9BN2O.C4H6BN.C2H5NO/c1-6(10)9-7-4-2-3-5-8-7;1-2-4-6-5-3-1;1-2(3)4/h2-5,8H,1H3,(H,9,10);1-6H;1H3,(H2,3,4). The highest BCUT2D eigenvalue weighted by atomic mass is 16.1. The fourth-order valence-corrected chi connectivity index (χ4v) is 1.16. The first kappa shape index (κ1) is 17.6. The molecule has 2 aliphatic rings. The van der Waals surface area contributed by atoms with Crippen molar-refractivity contribution >= 4 is 26.2 Å². The third-order valence-corrected chi connectivity index (χ3v) is 1.84. The van der Waals surface area contributed by atoms with Gasteiger partial charge in [0.15, 0.2) is 0 Å².